The molecular formula is C16H15ClO4S. The smallest absolute Gasteiger partial charge is 0.291 e. The van der Waals surface area contributed by atoms with Crippen molar-refractivity contribution in [2.45, 2.75) is 24.8 Å². The van der Waals surface area contributed by atoms with Crippen LogP contribution in [0, 0.1) is 6.92 Å². The van der Waals surface area contributed by atoms with Crippen LogP contribution < -0.4 is 0 Å². The molecule has 6 heteroatoms. The summed E-state index contributed by atoms with van der Waals surface area (Å²) in [6, 6.07) is 12.4. The van der Waals surface area contributed by atoms with Crippen LogP contribution in [0.15, 0.2) is 53.4 Å². The number of carbonyl (C=O) groups is 1. The second kappa shape index (κ2) is 6.60. The minimum atomic E-state index is -3.98. The van der Waals surface area contributed by atoms with Crippen molar-refractivity contribution < 1.29 is 17.4 Å². The Morgan fingerprint density at radius 2 is 1.59 bits per heavy atom. The number of aryl methyl sites for hydroxylation is 1. The zero-order chi connectivity index (χ0) is 16.3. The molecule has 22 heavy (non-hydrogen) atoms. The molecule has 116 valence electrons. The summed E-state index contributed by atoms with van der Waals surface area (Å²) in [6.45, 7) is 3.26. The third-order valence-electron chi connectivity index (χ3n) is 3.08. The lowest BCUT2D eigenvalue weighted by atomic mass is 10.1. The summed E-state index contributed by atoms with van der Waals surface area (Å²) in [7, 11) is -3.98. The van der Waals surface area contributed by atoms with E-state index in [1.807, 2.05) is 6.92 Å². The molecule has 2 rings (SSSR count). The maximum atomic E-state index is 12.2. The molecule has 0 radical (unpaired) electrons. The fraction of sp³-hybridized carbons (Fsp3) is 0.188. The molecule has 0 fully saturated rings. The summed E-state index contributed by atoms with van der Waals surface area (Å²) in [4.78, 5) is 12.2. The Labute approximate surface area is 134 Å². The van der Waals surface area contributed by atoms with Crippen molar-refractivity contribution >= 4 is 27.5 Å². The van der Waals surface area contributed by atoms with Gasteiger partial charge in [0.25, 0.3) is 10.1 Å². The molecule has 0 aliphatic carbocycles. The Morgan fingerprint density at radius 3 is 2.14 bits per heavy atom. The molecule has 0 unspecified atom stereocenters. The van der Waals surface area contributed by atoms with E-state index in [0.29, 0.717) is 10.6 Å². The Balaban J connectivity index is 2.16. The normalized spacial score (nSPS) is 12.9. The molecule has 0 spiro atoms. The Bertz CT molecular complexity index is 765. The Hall–Kier alpha value is -1.69. The number of benzene rings is 2. The largest absolute Gasteiger partial charge is 0.297 e. The first kappa shape index (κ1) is 16.7. The highest BCUT2D eigenvalue weighted by Gasteiger charge is 2.24. The van der Waals surface area contributed by atoms with E-state index in [-0.39, 0.29) is 4.90 Å². The fourth-order valence-corrected chi connectivity index (χ4v) is 3.02. The minimum Gasteiger partial charge on any atom is -0.291 e. The first-order chi connectivity index (χ1) is 10.3. The minimum absolute atomic E-state index is 0.0221. The van der Waals surface area contributed by atoms with Crippen LogP contribution in [0.3, 0.4) is 0 Å². The maximum Gasteiger partial charge on any atom is 0.297 e. The van der Waals surface area contributed by atoms with E-state index in [0.717, 1.165) is 5.56 Å². The van der Waals surface area contributed by atoms with Gasteiger partial charge in [-0.2, -0.15) is 8.42 Å². The predicted molar refractivity (Wildman–Crippen MR) is 84.7 cm³/mol. The van der Waals surface area contributed by atoms with Crippen LogP contribution in [0.25, 0.3) is 0 Å². The predicted octanol–water partition coefficient (Wildman–Crippen LogP) is 3.63. The average Bonchev–Trinajstić information content (AvgIpc) is 2.47. The maximum absolute atomic E-state index is 12.2. The highest BCUT2D eigenvalue weighted by molar-refractivity contribution is 7.86. The highest BCUT2D eigenvalue weighted by Crippen LogP contribution is 2.18. The van der Waals surface area contributed by atoms with Crippen molar-refractivity contribution in [3.05, 3.63) is 64.7 Å². The average molecular weight is 339 g/mol. The molecule has 0 N–H and O–H groups in total. The van der Waals surface area contributed by atoms with Crippen LogP contribution in [0.4, 0.5) is 0 Å². The third kappa shape index (κ3) is 3.94. The number of ketones is 1. The summed E-state index contributed by atoms with van der Waals surface area (Å²) in [5.41, 5.74) is 1.28. The highest BCUT2D eigenvalue weighted by atomic mass is 35.5. The van der Waals surface area contributed by atoms with Crippen LogP contribution in [0.1, 0.15) is 22.8 Å². The molecule has 0 saturated carbocycles. The van der Waals surface area contributed by atoms with E-state index < -0.39 is 22.0 Å². The van der Waals surface area contributed by atoms with Gasteiger partial charge in [0.15, 0.2) is 5.78 Å². The van der Waals surface area contributed by atoms with Crippen LogP contribution in [0.5, 0.6) is 0 Å². The monoisotopic (exact) mass is 338 g/mol. The van der Waals surface area contributed by atoms with Crippen LogP contribution in [0.2, 0.25) is 5.02 Å². The SMILES string of the molecule is Cc1ccc(S(=O)(=O)O[C@H](C)C(=O)c2ccc(Cl)cc2)cc1. The third-order valence-corrected chi connectivity index (χ3v) is 4.72. The van der Waals surface area contributed by atoms with Gasteiger partial charge < -0.3 is 0 Å². The van der Waals surface area contributed by atoms with Crippen molar-refractivity contribution in [3.8, 4) is 0 Å². The van der Waals surface area contributed by atoms with Gasteiger partial charge in [0.2, 0.25) is 0 Å². The second-order valence-electron chi connectivity index (χ2n) is 4.88. The van der Waals surface area contributed by atoms with Gasteiger partial charge >= 0.3 is 0 Å². The molecule has 2 aromatic carbocycles. The molecule has 1 atom stereocenters. The zero-order valence-electron chi connectivity index (χ0n) is 12.1. The Morgan fingerprint density at radius 1 is 1.05 bits per heavy atom. The van der Waals surface area contributed by atoms with Crippen LogP contribution in [-0.2, 0) is 14.3 Å². The molecule has 4 nitrogen and oxygen atoms in total. The van der Waals surface area contributed by atoms with Crippen molar-refractivity contribution in [1.29, 1.82) is 0 Å². The number of carbonyl (C=O) groups excluding carboxylic acids is 1. The van der Waals surface area contributed by atoms with E-state index in [1.165, 1.54) is 31.2 Å². The van der Waals surface area contributed by atoms with Crippen molar-refractivity contribution in [1.82, 2.24) is 0 Å². The summed E-state index contributed by atoms with van der Waals surface area (Å²) < 4.78 is 29.3. The summed E-state index contributed by atoms with van der Waals surface area (Å²) in [6.07, 6.45) is -1.12. The van der Waals surface area contributed by atoms with Gasteiger partial charge in [0.05, 0.1) is 4.90 Å². The molecule has 0 aromatic heterocycles. The van der Waals surface area contributed by atoms with Crippen molar-refractivity contribution in [2.24, 2.45) is 0 Å². The van der Waals surface area contributed by atoms with Crippen LogP contribution in [-0.4, -0.2) is 20.3 Å². The van der Waals surface area contributed by atoms with Gasteiger partial charge in [-0.3, -0.25) is 8.98 Å². The van der Waals surface area contributed by atoms with E-state index in [1.54, 1.807) is 24.3 Å². The number of hydrogen-bond donors (Lipinski definition) is 0. The lowest BCUT2D eigenvalue weighted by Gasteiger charge is -2.12. The lowest BCUT2D eigenvalue weighted by molar-refractivity contribution is 0.0826. The van der Waals surface area contributed by atoms with Gasteiger partial charge in [-0.05, 0) is 50.2 Å². The zero-order valence-corrected chi connectivity index (χ0v) is 13.7. The van der Waals surface area contributed by atoms with Crippen molar-refractivity contribution in [2.75, 3.05) is 0 Å². The molecule has 0 amide bonds. The topological polar surface area (TPSA) is 60.4 Å². The van der Waals surface area contributed by atoms with Crippen molar-refractivity contribution in [3.63, 3.8) is 0 Å². The Kier molecular flexibility index (Phi) is 5.01. The molecule has 0 aliphatic heterocycles. The summed E-state index contributed by atoms with van der Waals surface area (Å²) in [5, 5.41) is 0.498. The van der Waals surface area contributed by atoms with Gasteiger partial charge in [-0.15, -0.1) is 0 Å². The van der Waals surface area contributed by atoms with Crippen LogP contribution >= 0.6 is 11.6 Å². The molecule has 0 bridgehead atoms. The number of rotatable bonds is 5. The first-order valence-electron chi connectivity index (χ1n) is 6.59. The molecule has 0 heterocycles. The quantitative estimate of drug-likeness (QED) is 0.617. The molecule has 0 saturated heterocycles. The molecule has 0 aliphatic rings. The molecule has 2 aromatic rings. The molecular weight excluding hydrogens is 324 g/mol. The van der Waals surface area contributed by atoms with E-state index in [9.17, 15) is 13.2 Å². The second-order valence-corrected chi connectivity index (χ2v) is 6.89. The number of halogens is 1. The van der Waals surface area contributed by atoms with Gasteiger partial charge in [-0.1, -0.05) is 29.3 Å². The number of Topliss-reactive ketones (excluding diaryl/α,β-unsaturated/α-hetero) is 1. The lowest BCUT2D eigenvalue weighted by Crippen LogP contribution is -2.24. The van der Waals surface area contributed by atoms with Gasteiger partial charge in [0, 0.05) is 10.6 Å². The summed E-state index contributed by atoms with van der Waals surface area (Å²) >= 11 is 5.76. The standard InChI is InChI=1S/C16H15ClO4S/c1-11-3-9-15(10-4-11)22(19,20)21-12(2)16(18)13-5-7-14(17)8-6-13/h3-10,12H,1-2H3/t12-/m1/s1. The first-order valence-corrected chi connectivity index (χ1v) is 8.38. The van der Waals surface area contributed by atoms with E-state index in [4.69, 9.17) is 15.8 Å². The van der Waals surface area contributed by atoms with Gasteiger partial charge in [0.1, 0.15) is 6.10 Å². The fourth-order valence-electron chi connectivity index (χ4n) is 1.84. The van der Waals surface area contributed by atoms with Gasteiger partial charge in [-0.25, -0.2) is 0 Å². The van der Waals surface area contributed by atoms with E-state index >= 15 is 0 Å². The number of hydrogen-bond acceptors (Lipinski definition) is 4. The van der Waals surface area contributed by atoms with E-state index in [2.05, 4.69) is 0 Å². The summed E-state index contributed by atoms with van der Waals surface area (Å²) in [5.74, 6) is -0.424.